The molecule has 2 N–H and O–H groups in total. The zero-order valence-corrected chi connectivity index (χ0v) is 10.2. The van der Waals surface area contributed by atoms with E-state index in [0.29, 0.717) is 18.1 Å². The van der Waals surface area contributed by atoms with Crippen LogP contribution >= 0.6 is 0 Å². The summed E-state index contributed by atoms with van der Waals surface area (Å²) in [6, 6.07) is 0. The number of carbonyl (C=O) groups is 1. The van der Waals surface area contributed by atoms with Crippen LogP contribution in [0.1, 0.15) is 20.8 Å². The van der Waals surface area contributed by atoms with Gasteiger partial charge in [0, 0.05) is 28.9 Å². The Bertz CT molecular complexity index is 217. The molecule has 1 atom stereocenters. The van der Waals surface area contributed by atoms with E-state index in [1.54, 1.807) is 20.9 Å². The van der Waals surface area contributed by atoms with Crippen molar-refractivity contribution < 1.29 is 9.00 Å². The molecule has 1 unspecified atom stereocenters. The maximum absolute atomic E-state index is 11.5. The van der Waals surface area contributed by atoms with E-state index in [-0.39, 0.29) is 5.91 Å². The van der Waals surface area contributed by atoms with Crippen LogP contribution in [0.2, 0.25) is 0 Å². The molecular weight excluding hydrogens is 200 g/mol. The van der Waals surface area contributed by atoms with Crippen molar-refractivity contribution in [1.82, 2.24) is 10.6 Å². The van der Waals surface area contributed by atoms with Crippen LogP contribution in [0, 0.1) is 0 Å². The van der Waals surface area contributed by atoms with Gasteiger partial charge in [0.2, 0.25) is 5.91 Å². The molecule has 0 spiro atoms. The molecule has 84 valence electrons. The van der Waals surface area contributed by atoms with Gasteiger partial charge in [-0.2, -0.15) is 0 Å². The molecule has 0 aromatic rings. The SMILES string of the molecule is CCS(=O)CCNC(=O)C(C)(C)NC. The molecule has 0 bridgehead atoms. The number of carbonyl (C=O) groups excluding carboxylic acids is 1. The standard InChI is InChI=1S/C9H20N2O2S/c1-5-14(13)7-6-11-8(12)9(2,3)10-4/h10H,5-7H2,1-4H3,(H,11,12). The lowest BCUT2D eigenvalue weighted by Gasteiger charge is -2.22. The monoisotopic (exact) mass is 220 g/mol. The first-order valence-electron chi connectivity index (χ1n) is 4.76. The van der Waals surface area contributed by atoms with Gasteiger partial charge in [0.1, 0.15) is 0 Å². The minimum Gasteiger partial charge on any atom is -0.354 e. The summed E-state index contributed by atoms with van der Waals surface area (Å²) in [6.45, 7) is 5.96. The molecule has 5 heteroatoms. The van der Waals surface area contributed by atoms with Crippen molar-refractivity contribution >= 4 is 16.7 Å². The van der Waals surface area contributed by atoms with Crippen molar-refractivity contribution in [2.24, 2.45) is 0 Å². The van der Waals surface area contributed by atoms with Gasteiger partial charge in [0.25, 0.3) is 0 Å². The molecule has 0 aliphatic carbocycles. The van der Waals surface area contributed by atoms with Gasteiger partial charge in [0.15, 0.2) is 0 Å². The third-order valence-electron chi connectivity index (χ3n) is 2.13. The predicted octanol–water partition coefficient (Wildman–Crippen LogP) is -0.131. The zero-order chi connectivity index (χ0) is 11.2. The molecule has 0 rings (SSSR count). The average Bonchev–Trinajstić information content (AvgIpc) is 2.17. The van der Waals surface area contributed by atoms with Crippen LogP contribution < -0.4 is 10.6 Å². The number of hydrogen-bond acceptors (Lipinski definition) is 3. The highest BCUT2D eigenvalue weighted by Gasteiger charge is 2.24. The quantitative estimate of drug-likeness (QED) is 0.655. The van der Waals surface area contributed by atoms with E-state index in [1.807, 2.05) is 6.92 Å². The summed E-state index contributed by atoms with van der Waals surface area (Å²) in [5, 5.41) is 5.65. The number of rotatable bonds is 6. The fourth-order valence-corrected chi connectivity index (χ4v) is 1.38. The third-order valence-corrected chi connectivity index (χ3v) is 3.43. The second-order valence-electron chi connectivity index (χ2n) is 3.56. The molecule has 0 saturated carbocycles. The average molecular weight is 220 g/mol. The van der Waals surface area contributed by atoms with Crippen molar-refractivity contribution in [3.8, 4) is 0 Å². The van der Waals surface area contributed by atoms with E-state index in [2.05, 4.69) is 10.6 Å². The highest BCUT2D eigenvalue weighted by molar-refractivity contribution is 7.84. The normalized spacial score (nSPS) is 13.7. The lowest BCUT2D eigenvalue weighted by molar-refractivity contribution is -0.126. The number of hydrogen-bond donors (Lipinski definition) is 2. The Balaban J connectivity index is 3.80. The molecule has 0 aromatic carbocycles. The summed E-state index contributed by atoms with van der Waals surface area (Å²) in [4.78, 5) is 11.5. The van der Waals surface area contributed by atoms with Crippen molar-refractivity contribution in [3.05, 3.63) is 0 Å². The smallest absolute Gasteiger partial charge is 0.239 e. The fraction of sp³-hybridized carbons (Fsp3) is 0.889. The van der Waals surface area contributed by atoms with Gasteiger partial charge < -0.3 is 10.6 Å². The van der Waals surface area contributed by atoms with Crippen molar-refractivity contribution in [1.29, 1.82) is 0 Å². The van der Waals surface area contributed by atoms with E-state index >= 15 is 0 Å². The lowest BCUT2D eigenvalue weighted by Crippen LogP contribution is -2.51. The summed E-state index contributed by atoms with van der Waals surface area (Å²) in [7, 11) is 0.933. The Hall–Kier alpha value is -0.420. The highest BCUT2D eigenvalue weighted by Crippen LogP contribution is 1.99. The largest absolute Gasteiger partial charge is 0.354 e. The Morgan fingerprint density at radius 1 is 1.43 bits per heavy atom. The Morgan fingerprint density at radius 2 is 2.00 bits per heavy atom. The van der Waals surface area contributed by atoms with Gasteiger partial charge in [-0.05, 0) is 20.9 Å². The third kappa shape index (κ3) is 4.72. The molecule has 0 fully saturated rings. The number of likely N-dealkylation sites (N-methyl/N-ethyl adjacent to an activating group) is 1. The Kier molecular flexibility index (Phi) is 5.95. The minimum atomic E-state index is -0.807. The van der Waals surface area contributed by atoms with E-state index in [9.17, 15) is 9.00 Å². The summed E-state index contributed by atoms with van der Waals surface area (Å²) >= 11 is 0. The molecule has 0 saturated heterocycles. The number of nitrogens with one attached hydrogen (secondary N) is 2. The van der Waals surface area contributed by atoms with E-state index < -0.39 is 16.3 Å². The van der Waals surface area contributed by atoms with Crippen molar-refractivity contribution in [2.75, 3.05) is 25.1 Å². The molecule has 0 radical (unpaired) electrons. The van der Waals surface area contributed by atoms with E-state index in [4.69, 9.17) is 0 Å². The molecule has 0 heterocycles. The second kappa shape index (κ2) is 6.14. The van der Waals surface area contributed by atoms with E-state index in [0.717, 1.165) is 0 Å². The Labute approximate surface area is 88.3 Å². The van der Waals surface area contributed by atoms with Gasteiger partial charge in [0.05, 0.1) is 5.54 Å². The van der Waals surface area contributed by atoms with Gasteiger partial charge in [-0.1, -0.05) is 6.92 Å². The van der Waals surface area contributed by atoms with Crippen LogP contribution in [-0.4, -0.2) is 40.8 Å². The molecule has 1 amide bonds. The minimum absolute atomic E-state index is 0.0619. The lowest BCUT2D eigenvalue weighted by atomic mass is 10.1. The second-order valence-corrected chi connectivity index (χ2v) is 5.43. The topological polar surface area (TPSA) is 58.2 Å². The molecule has 4 nitrogen and oxygen atoms in total. The van der Waals surface area contributed by atoms with Crippen LogP contribution in [0.4, 0.5) is 0 Å². The molecule has 14 heavy (non-hydrogen) atoms. The van der Waals surface area contributed by atoms with Crippen LogP contribution in [0.15, 0.2) is 0 Å². The molecule has 0 aliphatic heterocycles. The first-order valence-corrected chi connectivity index (χ1v) is 6.25. The molecular formula is C9H20N2O2S. The zero-order valence-electron chi connectivity index (χ0n) is 9.35. The van der Waals surface area contributed by atoms with Crippen LogP contribution in [0.25, 0.3) is 0 Å². The maximum atomic E-state index is 11.5. The van der Waals surface area contributed by atoms with Crippen LogP contribution in [0.5, 0.6) is 0 Å². The fourth-order valence-electron chi connectivity index (χ4n) is 0.757. The maximum Gasteiger partial charge on any atom is 0.239 e. The summed E-state index contributed by atoms with van der Waals surface area (Å²) < 4.78 is 11.1. The van der Waals surface area contributed by atoms with Crippen LogP contribution in [-0.2, 0) is 15.6 Å². The molecule has 0 aromatic heterocycles. The predicted molar refractivity (Wildman–Crippen MR) is 59.7 cm³/mol. The van der Waals surface area contributed by atoms with Gasteiger partial charge >= 0.3 is 0 Å². The van der Waals surface area contributed by atoms with Gasteiger partial charge in [-0.3, -0.25) is 9.00 Å². The van der Waals surface area contributed by atoms with Gasteiger partial charge in [-0.15, -0.1) is 0 Å². The van der Waals surface area contributed by atoms with Crippen molar-refractivity contribution in [2.45, 2.75) is 26.3 Å². The Morgan fingerprint density at radius 3 is 2.43 bits per heavy atom. The highest BCUT2D eigenvalue weighted by atomic mass is 32.2. The number of amides is 1. The van der Waals surface area contributed by atoms with E-state index in [1.165, 1.54) is 0 Å². The summed E-state index contributed by atoms with van der Waals surface area (Å²) in [6.07, 6.45) is 0. The first-order chi connectivity index (χ1) is 6.44. The first kappa shape index (κ1) is 13.6. The van der Waals surface area contributed by atoms with Gasteiger partial charge in [-0.25, -0.2) is 0 Å². The molecule has 0 aliphatic rings. The van der Waals surface area contributed by atoms with Crippen molar-refractivity contribution in [3.63, 3.8) is 0 Å². The van der Waals surface area contributed by atoms with Crippen LogP contribution in [0.3, 0.4) is 0 Å². The summed E-state index contributed by atoms with van der Waals surface area (Å²) in [5.41, 5.74) is -0.562. The summed E-state index contributed by atoms with van der Waals surface area (Å²) in [5.74, 6) is 1.11.